The van der Waals surface area contributed by atoms with Gasteiger partial charge < -0.3 is 5.11 Å². The molecule has 1 aliphatic carbocycles. The molecule has 1 unspecified atom stereocenters. The third kappa shape index (κ3) is 1.68. The molecular weight excluding hydrogens is 112 g/mol. The van der Waals surface area contributed by atoms with Crippen LogP contribution in [0.25, 0.3) is 0 Å². The molecule has 1 aliphatic rings. The molecule has 0 heterocycles. The zero-order chi connectivity index (χ0) is 6.85. The van der Waals surface area contributed by atoms with Gasteiger partial charge in [0.1, 0.15) is 0 Å². The minimum absolute atomic E-state index is 0.0128. The second-order valence-corrected chi connectivity index (χ2v) is 3.46. The zero-order valence-electron chi connectivity index (χ0n) is 6.30. The molecule has 0 radical (unpaired) electrons. The largest absolute Gasteiger partial charge is 0.393 e. The van der Waals surface area contributed by atoms with E-state index < -0.39 is 0 Å². The van der Waals surface area contributed by atoms with Gasteiger partial charge in [0.25, 0.3) is 0 Å². The summed E-state index contributed by atoms with van der Waals surface area (Å²) in [4.78, 5) is 0. The molecular formula is C8H16O. The molecule has 0 saturated heterocycles. The number of hydrogen-bond acceptors (Lipinski definition) is 1. The summed E-state index contributed by atoms with van der Waals surface area (Å²) < 4.78 is 0. The van der Waals surface area contributed by atoms with Gasteiger partial charge in [0, 0.05) is 0 Å². The predicted octanol–water partition coefficient (Wildman–Crippen LogP) is 1.80. The van der Waals surface area contributed by atoms with Crippen LogP contribution in [0.4, 0.5) is 0 Å². The van der Waals surface area contributed by atoms with Crippen LogP contribution in [0.1, 0.15) is 33.1 Å². The average Bonchev–Trinajstić information content (AvgIpc) is 1.80. The molecule has 0 bridgehead atoms. The van der Waals surface area contributed by atoms with Gasteiger partial charge in [-0.05, 0) is 31.1 Å². The molecule has 0 aromatic rings. The highest BCUT2D eigenvalue weighted by Crippen LogP contribution is 2.28. The van der Waals surface area contributed by atoms with E-state index in [0.717, 1.165) is 12.3 Å². The van der Waals surface area contributed by atoms with Gasteiger partial charge in [0.15, 0.2) is 0 Å². The van der Waals surface area contributed by atoms with Crippen molar-refractivity contribution in [3.8, 4) is 0 Å². The number of aliphatic hydroxyl groups is 1. The van der Waals surface area contributed by atoms with Gasteiger partial charge in [-0.2, -0.15) is 0 Å². The zero-order valence-corrected chi connectivity index (χ0v) is 6.30. The Morgan fingerprint density at radius 3 is 2.33 bits per heavy atom. The van der Waals surface area contributed by atoms with Crippen molar-refractivity contribution in [1.82, 2.24) is 0 Å². The van der Waals surface area contributed by atoms with E-state index in [0.29, 0.717) is 5.92 Å². The maximum atomic E-state index is 9.30. The molecule has 1 fully saturated rings. The summed E-state index contributed by atoms with van der Waals surface area (Å²) in [5.74, 6) is 1.37. The molecule has 1 saturated carbocycles. The molecule has 1 nitrogen and oxygen atoms in total. The Labute approximate surface area is 57.1 Å². The average molecular weight is 128 g/mol. The van der Waals surface area contributed by atoms with Gasteiger partial charge in [-0.15, -0.1) is 0 Å². The predicted molar refractivity (Wildman–Crippen MR) is 38.2 cm³/mol. The van der Waals surface area contributed by atoms with Crippen LogP contribution in [0.3, 0.4) is 0 Å². The minimum Gasteiger partial charge on any atom is -0.393 e. The highest BCUT2D eigenvalue weighted by atomic mass is 16.3. The third-order valence-electron chi connectivity index (χ3n) is 2.39. The molecule has 3 atom stereocenters. The van der Waals surface area contributed by atoms with E-state index in [1.165, 1.54) is 12.8 Å². The number of aliphatic hydroxyl groups excluding tert-OH is 1. The summed E-state index contributed by atoms with van der Waals surface area (Å²) in [6.07, 6.45) is 3.43. The van der Waals surface area contributed by atoms with E-state index in [1.54, 1.807) is 0 Å². The van der Waals surface area contributed by atoms with Gasteiger partial charge in [0.05, 0.1) is 6.10 Å². The third-order valence-corrected chi connectivity index (χ3v) is 2.39. The Morgan fingerprint density at radius 1 is 1.22 bits per heavy atom. The Hall–Kier alpha value is -0.0400. The van der Waals surface area contributed by atoms with Crippen LogP contribution in [0, 0.1) is 11.8 Å². The quantitative estimate of drug-likeness (QED) is 0.527. The normalized spacial score (nSPS) is 45.0. The summed E-state index contributed by atoms with van der Waals surface area (Å²) >= 11 is 0. The van der Waals surface area contributed by atoms with Crippen LogP contribution in [-0.2, 0) is 0 Å². The molecule has 1 heteroatoms. The minimum atomic E-state index is -0.0128. The molecule has 0 aromatic carbocycles. The first-order chi connectivity index (χ1) is 4.20. The van der Waals surface area contributed by atoms with E-state index in [4.69, 9.17) is 0 Å². The Bertz CT molecular complexity index is 90.6. The van der Waals surface area contributed by atoms with Crippen molar-refractivity contribution in [2.24, 2.45) is 11.8 Å². The molecule has 1 rings (SSSR count). The van der Waals surface area contributed by atoms with Gasteiger partial charge in [-0.3, -0.25) is 0 Å². The van der Waals surface area contributed by atoms with Crippen molar-refractivity contribution in [2.45, 2.75) is 39.2 Å². The van der Waals surface area contributed by atoms with Crippen LogP contribution in [0.2, 0.25) is 0 Å². The van der Waals surface area contributed by atoms with Crippen LogP contribution in [0.5, 0.6) is 0 Å². The fraction of sp³-hybridized carbons (Fsp3) is 1.00. The van der Waals surface area contributed by atoms with Gasteiger partial charge in [-0.25, -0.2) is 0 Å². The summed E-state index contributed by atoms with van der Waals surface area (Å²) in [5.41, 5.74) is 0. The summed E-state index contributed by atoms with van der Waals surface area (Å²) in [7, 11) is 0. The molecule has 0 aromatic heterocycles. The first-order valence-electron chi connectivity index (χ1n) is 3.88. The van der Waals surface area contributed by atoms with Crippen molar-refractivity contribution in [3.63, 3.8) is 0 Å². The standard InChI is InChI=1S/C8H16O/c1-6-3-4-8(9)7(2)5-6/h6-9H,3-5H2,1-2H3/t6-,7?,8+/m1/s1. The van der Waals surface area contributed by atoms with Crippen molar-refractivity contribution < 1.29 is 5.11 Å². The van der Waals surface area contributed by atoms with Crippen molar-refractivity contribution in [1.29, 1.82) is 0 Å². The lowest BCUT2D eigenvalue weighted by atomic mass is 9.81. The highest BCUT2D eigenvalue weighted by molar-refractivity contribution is 4.74. The molecule has 0 aliphatic heterocycles. The van der Waals surface area contributed by atoms with Gasteiger partial charge in [0.2, 0.25) is 0 Å². The van der Waals surface area contributed by atoms with Gasteiger partial charge >= 0.3 is 0 Å². The lowest BCUT2D eigenvalue weighted by Gasteiger charge is -2.28. The van der Waals surface area contributed by atoms with E-state index >= 15 is 0 Å². The maximum Gasteiger partial charge on any atom is 0.0566 e. The molecule has 54 valence electrons. The highest BCUT2D eigenvalue weighted by Gasteiger charge is 2.22. The van der Waals surface area contributed by atoms with Crippen LogP contribution < -0.4 is 0 Å². The summed E-state index contributed by atoms with van der Waals surface area (Å²) in [5, 5.41) is 9.30. The molecule has 1 N–H and O–H groups in total. The topological polar surface area (TPSA) is 20.2 Å². The van der Waals surface area contributed by atoms with E-state index in [9.17, 15) is 5.11 Å². The number of rotatable bonds is 0. The lowest BCUT2D eigenvalue weighted by molar-refractivity contribution is 0.0611. The molecule has 0 spiro atoms. The first-order valence-corrected chi connectivity index (χ1v) is 3.88. The SMILES string of the molecule is CC1C[C@H](C)CC[C@@H]1O. The van der Waals surface area contributed by atoms with E-state index in [2.05, 4.69) is 13.8 Å². The summed E-state index contributed by atoms with van der Waals surface area (Å²) in [6, 6.07) is 0. The number of hydrogen-bond donors (Lipinski definition) is 1. The molecule has 9 heavy (non-hydrogen) atoms. The first kappa shape index (κ1) is 7.07. The Kier molecular flexibility index (Phi) is 2.12. The second kappa shape index (κ2) is 2.70. The van der Waals surface area contributed by atoms with Crippen LogP contribution in [0.15, 0.2) is 0 Å². The van der Waals surface area contributed by atoms with Crippen LogP contribution >= 0.6 is 0 Å². The smallest absolute Gasteiger partial charge is 0.0566 e. The van der Waals surface area contributed by atoms with Gasteiger partial charge in [-0.1, -0.05) is 13.8 Å². The summed E-state index contributed by atoms with van der Waals surface area (Å²) in [6.45, 7) is 4.41. The van der Waals surface area contributed by atoms with E-state index in [-0.39, 0.29) is 6.10 Å². The maximum absolute atomic E-state index is 9.30. The Balaban J connectivity index is 2.35. The van der Waals surface area contributed by atoms with E-state index in [1.807, 2.05) is 0 Å². The van der Waals surface area contributed by atoms with Crippen LogP contribution in [-0.4, -0.2) is 11.2 Å². The fourth-order valence-electron chi connectivity index (χ4n) is 1.65. The lowest BCUT2D eigenvalue weighted by Crippen LogP contribution is -2.25. The molecule has 0 amide bonds. The monoisotopic (exact) mass is 128 g/mol. The second-order valence-electron chi connectivity index (χ2n) is 3.46. The van der Waals surface area contributed by atoms with Crippen molar-refractivity contribution in [2.75, 3.05) is 0 Å². The van der Waals surface area contributed by atoms with Crippen molar-refractivity contribution in [3.05, 3.63) is 0 Å². The Morgan fingerprint density at radius 2 is 1.89 bits per heavy atom. The van der Waals surface area contributed by atoms with Crippen molar-refractivity contribution >= 4 is 0 Å². The fourth-order valence-corrected chi connectivity index (χ4v) is 1.65.